The number of aliphatic hydroxyl groups is 1. The first-order chi connectivity index (χ1) is 11.0. The number of nitrogen functional groups attached to an aromatic ring is 1. The highest BCUT2D eigenvalue weighted by Crippen LogP contribution is 2.39. The van der Waals surface area contributed by atoms with Gasteiger partial charge in [-0.15, -0.1) is 0 Å². The summed E-state index contributed by atoms with van der Waals surface area (Å²) in [6.45, 7) is 0.462. The summed E-state index contributed by atoms with van der Waals surface area (Å²) in [6, 6.07) is 13.7. The lowest BCUT2D eigenvalue weighted by Crippen LogP contribution is -2.36. The van der Waals surface area contributed by atoms with Crippen molar-refractivity contribution in [1.29, 1.82) is 0 Å². The summed E-state index contributed by atoms with van der Waals surface area (Å²) in [7, 11) is 0. The Hall–Kier alpha value is -1.26. The molecule has 2 aromatic rings. The molecule has 1 saturated carbocycles. The summed E-state index contributed by atoms with van der Waals surface area (Å²) in [5, 5.41) is 14.6. The molecule has 23 heavy (non-hydrogen) atoms. The zero-order valence-electron chi connectivity index (χ0n) is 12.7. The lowest BCUT2D eigenvalue weighted by Gasteiger charge is -2.21. The average molecular weight is 351 g/mol. The number of β-amino-alcohol motifs (C(OH)–C–C–N with tert-alkyl or cyclic N) is 1. The van der Waals surface area contributed by atoms with E-state index in [2.05, 4.69) is 29.6 Å². The SMILES string of the molecule is Nc1c(Cl)cc(C(O)CNC2(Cc3ccccc3)CC2)cc1Cl. The Morgan fingerprint density at radius 1 is 1.13 bits per heavy atom. The van der Waals surface area contributed by atoms with E-state index in [-0.39, 0.29) is 5.54 Å². The zero-order chi connectivity index (χ0) is 16.4. The first-order valence-corrected chi connectivity index (χ1v) is 8.46. The molecule has 4 N–H and O–H groups in total. The van der Waals surface area contributed by atoms with Gasteiger partial charge in [-0.3, -0.25) is 0 Å². The lowest BCUT2D eigenvalue weighted by molar-refractivity contribution is 0.168. The molecule has 0 heterocycles. The molecule has 1 aliphatic rings. The van der Waals surface area contributed by atoms with Crippen molar-refractivity contribution in [3.63, 3.8) is 0 Å². The summed E-state index contributed by atoms with van der Waals surface area (Å²) in [5.74, 6) is 0. The number of anilines is 1. The molecule has 0 saturated heterocycles. The van der Waals surface area contributed by atoms with Gasteiger partial charge in [0, 0.05) is 12.1 Å². The third kappa shape index (κ3) is 3.99. The Balaban J connectivity index is 1.62. The van der Waals surface area contributed by atoms with E-state index in [1.807, 2.05) is 6.07 Å². The zero-order valence-corrected chi connectivity index (χ0v) is 14.2. The van der Waals surface area contributed by atoms with Crippen LogP contribution in [-0.2, 0) is 6.42 Å². The molecule has 0 spiro atoms. The molecular weight excluding hydrogens is 331 g/mol. The van der Waals surface area contributed by atoms with Crippen molar-refractivity contribution in [2.24, 2.45) is 0 Å². The minimum Gasteiger partial charge on any atom is -0.396 e. The summed E-state index contributed by atoms with van der Waals surface area (Å²) < 4.78 is 0. The van der Waals surface area contributed by atoms with Crippen molar-refractivity contribution < 1.29 is 5.11 Å². The largest absolute Gasteiger partial charge is 0.396 e. The average Bonchev–Trinajstić information content (AvgIpc) is 3.30. The Bertz CT molecular complexity index is 664. The molecule has 3 nitrogen and oxygen atoms in total. The topological polar surface area (TPSA) is 58.3 Å². The van der Waals surface area contributed by atoms with Crippen molar-refractivity contribution in [3.05, 3.63) is 63.6 Å². The number of halogens is 2. The predicted molar refractivity (Wildman–Crippen MR) is 95.9 cm³/mol. The molecule has 0 amide bonds. The van der Waals surface area contributed by atoms with Gasteiger partial charge in [-0.05, 0) is 42.5 Å². The summed E-state index contributed by atoms with van der Waals surface area (Å²) in [6.07, 6.45) is 2.55. The van der Waals surface area contributed by atoms with Crippen molar-refractivity contribution in [2.45, 2.75) is 30.9 Å². The van der Waals surface area contributed by atoms with Gasteiger partial charge in [0.15, 0.2) is 0 Å². The van der Waals surface area contributed by atoms with E-state index in [1.54, 1.807) is 12.1 Å². The Kier molecular flexibility index (Phi) is 4.83. The maximum Gasteiger partial charge on any atom is 0.0915 e. The van der Waals surface area contributed by atoms with E-state index < -0.39 is 6.10 Å². The number of benzene rings is 2. The third-order valence-corrected chi connectivity index (χ3v) is 5.02. The fourth-order valence-electron chi connectivity index (χ4n) is 2.78. The molecule has 5 heteroatoms. The van der Waals surface area contributed by atoms with E-state index in [0.717, 1.165) is 19.3 Å². The van der Waals surface area contributed by atoms with Crippen LogP contribution in [0.3, 0.4) is 0 Å². The van der Waals surface area contributed by atoms with Crippen molar-refractivity contribution in [3.8, 4) is 0 Å². The van der Waals surface area contributed by atoms with Crippen LogP contribution in [0.2, 0.25) is 10.0 Å². The number of hydrogen-bond donors (Lipinski definition) is 3. The van der Waals surface area contributed by atoms with Gasteiger partial charge in [-0.25, -0.2) is 0 Å². The first-order valence-electron chi connectivity index (χ1n) is 7.70. The Morgan fingerprint density at radius 2 is 1.74 bits per heavy atom. The second kappa shape index (κ2) is 6.70. The van der Waals surface area contributed by atoms with E-state index in [1.165, 1.54) is 5.56 Å². The summed E-state index contributed by atoms with van der Waals surface area (Å²) in [5.41, 5.74) is 8.17. The van der Waals surface area contributed by atoms with E-state index in [4.69, 9.17) is 28.9 Å². The third-order valence-electron chi connectivity index (χ3n) is 4.40. The molecule has 1 atom stereocenters. The van der Waals surface area contributed by atoms with Gasteiger partial charge in [0.25, 0.3) is 0 Å². The summed E-state index contributed by atoms with van der Waals surface area (Å²) >= 11 is 12.1. The number of nitrogens with one attached hydrogen (secondary N) is 1. The van der Waals surface area contributed by atoms with Gasteiger partial charge in [0.05, 0.1) is 21.8 Å². The van der Waals surface area contributed by atoms with E-state index in [9.17, 15) is 5.11 Å². The predicted octanol–water partition coefficient (Wildman–Crippen LogP) is 3.97. The molecule has 122 valence electrons. The Morgan fingerprint density at radius 3 is 2.30 bits per heavy atom. The quantitative estimate of drug-likeness (QED) is 0.690. The molecule has 3 rings (SSSR count). The van der Waals surface area contributed by atoms with Crippen LogP contribution in [0.5, 0.6) is 0 Å². The maximum absolute atomic E-state index is 10.4. The molecule has 0 radical (unpaired) electrons. The van der Waals surface area contributed by atoms with Crippen LogP contribution in [0.4, 0.5) is 5.69 Å². The minimum absolute atomic E-state index is 0.101. The number of rotatable bonds is 6. The Labute approximate surface area is 146 Å². The molecule has 0 bridgehead atoms. The van der Waals surface area contributed by atoms with Crippen molar-refractivity contribution in [2.75, 3.05) is 12.3 Å². The van der Waals surface area contributed by atoms with Gasteiger partial charge in [-0.2, -0.15) is 0 Å². The van der Waals surface area contributed by atoms with Crippen molar-refractivity contribution in [1.82, 2.24) is 5.32 Å². The summed E-state index contributed by atoms with van der Waals surface area (Å²) in [4.78, 5) is 0. The number of hydrogen-bond acceptors (Lipinski definition) is 3. The maximum atomic E-state index is 10.4. The van der Waals surface area contributed by atoms with Gasteiger partial charge >= 0.3 is 0 Å². The van der Waals surface area contributed by atoms with Crippen LogP contribution in [-0.4, -0.2) is 17.2 Å². The van der Waals surface area contributed by atoms with Gasteiger partial charge < -0.3 is 16.2 Å². The molecule has 1 unspecified atom stereocenters. The highest BCUT2D eigenvalue weighted by Gasteiger charge is 2.42. The van der Waals surface area contributed by atoms with E-state index >= 15 is 0 Å². The smallest absolute Gasteiger partial charge is 0.0915 e. The van der Waals surface area contributed by atoms with Crippen LogP contribution in [0.1, 0.15) is 30.1 Å². The van der Waals surface area contributed by atoms with Crippen LogP contribution in [0, 0.1) is 0 Å². The van der Waals surface area contributed by atoms with Gasteiger partial charge in [0.2, 0.25) is 0 Å². The standard InChI is InChI=1S/C18H20Cl2N2O/c19-14-8-13(9-15(20)17(14)21)16(23)11-22-18(6-7-18)10-12-4-2-1-3-5-12/h1-5,8-9,16,22-23H,6-7,10-11,21H2. The van der Waals surface area contributed by atoms with Gasteiger partial charge in [-0.1, -0.05) is 53.5 Å². The molecule has 0 aromatic heterocycles. The molecule has 0 aliphatic heterocycles. The number of nitrogens with two attached hydrogens (primary N) is 1. The van der Waals surface area contributed by atoms with Crippen LogP contribution < -0.4 is 11.1 Å². The van der Waals surface area contributed by atoms with Crippen LogP contribution in [0.15, 0.2) is 42.5 Å². The minimum atomic E-state index is -0.668. The highest BCUT2D eigenvalue weighted by atomic mass is 35.5. The lowest BCUT2D eigenvalue weighted by atomic mass is 10.0. The molecular formula is C18H20Cl2N2O. The molecule has 1 aliphatic carbocycles. The number of aliphatic hydroxyl groups excluding tert-OH is 1. The fourth-order valence-corrected chi connectivity index (χ4v) is 3.28. The van der Waals surface area contributed by atoms with Crippen molar-refractivity contribution >= 4 is 28.9 Å². The molecule has 2 aromatic carbocycles. The van der Waals surface area contributed by atoms with Crippen LogP contribution >= 0.6 is 23.2 Å². The first kappa shape index (κ1) is 16.6. The second-order valence-electron chi connectivity index (χ2n) is 6.24. The molecule has 1 fully saturated rings. The fraction of sp³-hybridized carbons (Fsp3) is 0.333. The van der Waals surface area contributed by atoms with Crippen LogP contribution in [0.25, 0.3) is 0 Å². The highest BCUT2D eigenvalue weighted by molar-refractivity contribution is 6.38. The normalized spacial score (nSPS) is 17.0. The van der Waals surface area contributed by atoms with Gasteiger partial charge in [0.1, 0.15) is 0 Å². The monoisotopic (exact) mass is 350 g/mol. The second-order valence-corrected chi connectivity index (χ2v) is 7.05. The van der Waals surface area contributed by atoms with E-state index in [0.29, 0.717) is 27.8 Å².